The standard InChI is InChI=1S/C49H60N8O9S/c1-29(58)55-17-12-32(13-18-55)50-46(61)42-26-36-44(67-42)37(27-52(2)47(36)62)31-23-40(65-3)38(41(24-31)66-4)28-54-15-10-30(11-16-54)9-14-53-19-21-56(22-20-53)33-5-6-34-35(25-33)49(64)57(48(34)63)39-7-8-43(59)51-45(39)60/h5-6,23-27,30,32,39,49,64H,7-22,28H2,1-4H3,(H,50,61)(H,51,59,60). The summed E-state index contributed by atoms with van der Waals surface area (Å²) in [5, 5.41) is 17.1. The van der Waals surface area contributed by atoms with Gasteiger partial charge in [-0.3, -0.25) is 48.8 Å². The Hall–Kier alpha value is -5.82. The molecule has 0 bridgehead atoms. The Balaban J connectivity index is 0.782. The fourth-order valence-electron chi connectivity index (χ4n) is 10.5. The molecule has 18 heteroatoms. The van der Waals surface area contributed by atoms with E-state index < -0.39 is 24.1 Å². The van der Waals surface area contributed by atoms with E-state index in [9.17, 15) is 33.9 Å². The van der Waals surface area contributed by atoms with Gasteiger partial charge in [0, 0.05) is 106 Å². The van der Waals surface area contributed by atoms with Crippen LogP contribution in [-0.4, -0.2) is 144 Å². The maximum atomic E-state index is 13.5. The van der Waals surface area contributed by atoms with E-state index in [2.05, 4.69) is 25.3 Å². The van der Waals surface area contributed by atoms with Crippen LogP contribution in [0.2, 0.25) is 0 Å². The number of rotatable bonds is 12. The minimum atomic E-state index is -1.24. The first-order chi connectivity index (χ1) is 32.3. The van der Waals surface area contributed by atoms with E-state index in [1.165, 1.54) is 16.2 Å². The minimum Gasteiger partial charge on any atom is -0.496 e. The molecule has 4 fully saturated rings. The molecule has 356 valence electrons. The van der Waals surface area contributed by atoms with E-state index in [1.807, 2.05) is 30.5 Å². The third kappa shape index (κ3) is 9.40. The second-order valence-electron chi connectivity index (χ2n) is 18.6. The Morgan fingerprint density at radius 3 is 2.21 bits per heavy atom. The number of aliphatic hydroxyl groups excluding tert-OH is 1. The van der Waals surface area contributed by atoms with Crippen LogP contribution in [0.25, 0.3) is 21.2 Å². The lowest BCUT2D eigenvalue weighted by molar-refractivity contribution is -0.139. The molecule has 4 saturated heterocycles. The molecule has 2 unspecified atom stereocenters. The van der Waals surface area contributed by atoms with Crippen LogP contribution in [0.15, 0.2) is 47.4 Å². The molecule has 2 aromatic heterocycles. The molecule has 7 heterocycles. The summed E-state index contributed by atoms with van der Waals surface area (Å²) in [6, 6.07) is 10.3. The number of aliphatic hydroxyl groups is 1. The molecule has 0 aliphatic carbocycles. The molecule has 0 spiro atoms. The highest BCUT2D eigenvalue weighted by Crippen LogP contribution is 2.41. The Morgan fingerprint density at radius 2 is 1.55 bits per heavy atom. The molecular weight excluding hydrogens is 877 g/mol. The molecule has 5 aliphatic heterocycles. The van der Waals surface area contributed by atoms with Crippen molar-refractivity contribution in [1.82, 2.24) is 34.8 Å². The normalized spacial score (nSPS) is 21.2. The number of carbonyl (C=O) groups is 5. The monoisotopic (exact) mass is 936 g/mol. The van der Waals surface area contributed by atoms with Crippen molar-refractivity contribution in [3.63, 3.8) is 0 Å². The number of carbonyl (C=O) groups excluding carboxylic acids is 5. The lowest BCUT2D eigenvalue weighted by Gasteiger charge is -2.38. The second kappa shape index (κ2) is 19.4. The van der Waals surface area contributed by atoms with Gasteiger partial charge in [0.15, 0.2) is 6.23 Å². The summed E-state index contributed by atoms with van der Waals surface area (Å²) in [7, 11) is 5.04. The van der Waals surface area contributed by atoms with Crippen molar-refractivity contribution in [1.29, 1.82) is 0 Å². The zero-order chi connectivity index (χ0) is 47.1. The number of piperazine rings is 1. The third-order valence-corrected chi connectivity index (χ3v) is 15.7. The predicted octanol–water partition coefficient (Wildman–Crippen LogP) is 3.70. The second-order valence-corrected chi connectivity index (χ2v) is 19.6. The molecule has 17 nitrogen and oxygen atoms in total. The Labute approximate surface area is 393 Å². The highest BCUT2D eigenvalue weighted by molar-refractivity contribution is 7.21. The number of nitrogens with zero attached hydrogens (tertiary/aromatic N) is 6. The molecule has 2 atom stereocenters. The number of aryl methyl sites for hydroxylation is 1. The van der Waals surface area contributed by atoms with Gasteiger partial charge >= 0.3 is 0 Å². The Kier molecular flexibility index (Phi) is 13.4. The number of hydrogen-bond acceptors (Lipinski definition) is 13. The van der Waals surface area contributed by atoms with Crippen LogP contribution in [0.3, 0.4) is 0 Å². The van der Waals surface area contributed by atoms with Crippen molar-refractivity contribution in [2.45, 2.75) is 76.7 Å². The summed E-state index contributed by atoms with van der Waals surface area (Å²) >= 11 is 1.30. The van der Waals surface area contributed by atoms with Gasteiger partial charge in [0.1, 0.15) is 17.5 Å². The molecule has 67 heavy (non-hydrogen) atoms. The molecule has 2 aromatic carbocycles. The number of fused-ring (bicyclic) bond motifs is 2. The van der Waals surface area contributed by atoms with Crippen molar-refractivity contribution in [2.75, 3.05) is 78.0 Å². The highest BCUT2D eigenvalue weighted by atomic mass is 32.1. The van der Waals surface area contributed by atoms with Crippen LogP contribution in [0.5, 0.6) is 11.5 Å². The topological polar surface area (TPSA) is 186 Å². The van der Waals surface area contributed by atoms with E-state index in [4.69, 9.17) is 9.47 Å². The number of nitrogens with one attached hydrogen (secondary N) is 2. The van der Waals surface area contributed by atoms with Crippen LogP contribution in [0.4, 0.5) is 5.69 Å². The van der Waals surface area contributed by atoms with Crippen molar-refractivity contribution >= 4 is 56.6 Å². The fraction of sp³-hybridized carbons (Fsp3) is 0.510. The van der Waals surface area contributed by atoms with Crippen LogP contribution in [0, 0.1) is 5.92 Å². The number of amides is 5. The highest BCUT2D eigenvalue weighted by Gasteiger charge is 2.44. The maximum absolute atomic E-state index is 13.5. The summed E-state index contributed by atoms with van der Waals surface area (Å²) in [5.41, 5.74) is 4.24. The Morgan fingerprint density at radius 1 is 0.851 bits per heavy atom. The number of thiophene rings is 1. The summed E-state index contributed by atoms with van der Waals surface area (Å²) < 4.78 is 14.3. The van der Waals surface area contributed by atoms with Crippen LogP contribution < -0.4 is 30.6 Å². The van der Waals surface area contributed by atoms with Gasteiger partial charge in [-0.15, -0.1) is 11.3 Å². The average Bonchev–Trinajstić information content (AvgIpc) is 3.89. The van der Waals surface area contributed by atoms with Crippen LogP contribution >= 0.6 is 11.3 Å². The van der Waals surface area contributed by atoms with E-state index in [1.54, 1.807) is 49.8 Å². The van der Waals surface area contributed by atoms with Crippen molar-refractivity contribution in [3.8, 4) is 22.6 Å². The average molecular weight is 937 g/mol. The zero-order valence-electron chi connectivity index (χ0n) is 38.7. The third-order valence-electron chi connectivity index (χ3n) is 14.5. The van der Waals surface area contributed by atoms with E-state index in [0.29, 0.717) is 71.3 Å². The van der Waals surface area contributed by atoms with Crippen LogP contribution in [0.1, 0.15) is 89.3 Å². The number of likely N-dealkylation sites (tertiary alicyclic amines) is 2. The summed E-state index contributed by atoms with van der Waals surface area (Å²) in [6.07, 6.45) is 5.57. The zero-order valence-corrected chi connectivity index (χ0v) is 39.5. The first-order valence-corrected chi connectivity index (χ1v) is 24.2. The van der Waals surface area contributed by atoms with Crippen molar-refractivity contribution in [2.24, 2.45) is 13.0 Å². The molecule has 3 N–H and O–H groups in total. The number of methoxy groups -OCH3 is 2. The van der Waals surface area contributed by atoms with Gasteiger partial charge in [0.2, 0.25) is 17.7 Å². The largest absolute Gasteiger partial charge is 0.496 e. The summed E-state index contributed by atoms with van der Waals surface area (Å²) in [4.78, 5) is 86.8. The number of ether oxygens (including phenoxy) is 2. The lowest BCUT2D eigenvalue weighted by atomic mass is 9.92. The van der Waals surface area contributed by atoms with Gasteiger partial charge in [0.25, 0.3) is 17.4 Å². The van der Waals surface area contributed by atoms with E-state index in [-0.39, 0.29) is 42.2 Å². The van der Waals surface area contributed by atoms with Crippen molar-refractivity contribution < 1.29 is 38.6 Å². The first kappa shape index (κ1) is 46.3. The van der Waals surface area contributed by atoms with Gasteiger partial charge in [-0.2, -0.15) is 0 Å². The minimum absolute atomic E-state index is 0.0420. The number of aromatic nitrogens is 1. The molecule has 4 aromatic rings. The molecule has 5 aliphatic rings. The molecular formula is C49H60N8O9S. The molecule has 0 saturated carbocycles. The first-order valence-electron chi connectivity index (χ1n) is 23.4. The number of pyridine rings is 1. The van der Waals surface area contributed by atoms with Gasteiger partial charge in [-0.05, 0) is 106 Å². The molecule has 9 rings (SSSR count). The van der Waals surface area contributed by atoms with E-state index >= 15 is 0 Å². The van der Waals surface area contributed by atoms with Gasteiger partial charge < -0.3 is 34.3 Å². The number of anilines is 1. The smallest absolute Gasteiger partial charge is 0.261 e. The molecule has 0 radical (unpaired) electrons. The quantitative estimate of drug-likeness (QED) is 0.175. The Bertz CT molecular complexity index is 2620. The predicted molar refractivity (Wildman–Crippen MR) is 253 cm³/mol. The number of hydrogen-bond donors (Lipinski definition) is 3. The molecule has 5 amide bonds. The van der Waals surface area contributed by atoms with Crippen molar-refractivity contribution in [3.05, 3.63) is 74.5 Å². The van der Waals surface area contributed by atoms with Gasteiger partial charge in [-0.1, -0.05) is 0 Å². The van der Waals surface area contributed by atoms with Gasteiger partial charge in [-0.25, -0.2) is 0 Å². The number of imide groups is 1. The lowest BCUT2D eigenvalue weighted by Crippen LogP contribution is -2.53. The SMILES string of the molecule is COc1cc(-c2cn(C)c(=O)c3cc(C(=O)NC4CCN(C(C)=O)CC4)sc23)cc(OC)c1CN1CCC(CCN2CCN(c3ccc4c(c3)C(O)N(C3CCC(=O)NC3=O)C4=O)CC2)CC1. The van der Waals surface area contributed by atoms with E-state index in [0.717, 1.165) is 92.2 Å². The summed E-state index contributed by atoms with van der Waals surface area (Å²) in [5.74, 6) is 0.521. The summed E-state index contributed by atoms with van der Waals surface area (Å²) in [6.45, 7) is 9.85. The maximum Gasteiger partial charge on any atom is 0.261 e. The fourth-order valence-corrected chi connectivity index (χ4v) is 11.6. The van der Waals surface area contributed by atoms with Crippen LogP contribution in [-0.2, 0) is 28.0 Å². The number of benzene rings is 2. The van der Waals surface area contributed by atoms with Gasteiger partial charge in [0.05, 0.1) is 30.0 Å². The number of piperidine rings is 3.